The van der Waals surface area contributed by atoms with Crippen molar-refractivity contribution in [2.75, 3.05) is 0 Å². The number of nitrogens with zero attached hydrogens (tertiary/aromatic N) is 1. The monoisotopic (exact) mass is 207 g/mol. The van der Waals surface area contributed by atoms with E-state index < -0.39 is 5.97 Å². The summed E-state index contributed by atoms with van der Waals surface area (Å²) in [7, 11) is 0. The Hall–Kier alpha value is -1.58. The summed E-state index contributed by atoms with van der Waals surface area (Å²) in [6.07, 6.45) is 4.66. The van der Waals surface area contributed by atoms with Gasteiger partial charge in [0, 0.05) is 6.07 Å². The van der Waals surface area contributed by atoms with Gasteiger partial charge in [-0.2, -0.15) is 0 Å². The highest BCUT2D eigenvalue weighted by molar-refractivity contribution is 5.85. The summed E-state index contributed by atoms with van der Waals surface area (Å²) < 4.78 is 5.59. The molecule has 1 heterocycles. The topological polar surface area (TPSA) is 59.4 Å². The van der Waals surface area contributed by atoms with Crippen LogP contribution >= 0.6 is 0 Å². The molecular weight excluding hydrogens is 194 g/mol. The van der Waals surface area contributed by atoms with Crippen molar-refractivity contribution in [1.29, 1.82) is 0 Å². The number of rotatable bonds is 3. The second-order valence-corrected chi connectivity index (χ2v) is 3.69. The van der Waals surface area contributed by atoms with Crippen LogP contribution in [0.4, 0.5) is 0 Å². The average Bonchev–Trinajstić information content (AvgIpc) is 2.71. The molecule has 1 aromatic rings. The van der Waals surface area contributed by atoms with E-state index in [0.717, 1.165) is 12.8 Å². The predicted octanol–water partition coefficient (Wildman–Crippen LogP) is 2.10. The van der Waals surface area contributed by atoms with Crippen LogP contribution in [-0.2, 0) is 0 Å². The van der Waals surface area contributed by atoms with E-state index in [1.165, 1.54) is 18.9 Å². The Kier molecular flexibility index (Phi) is 2.85. The maximum absolute atomic E-state index is 10.7. The lowest BCUT2D eigenvalue weighted by Crippen LogP contribution is -2.12. The average molecular weight is 207 g/mol. The smallest absolute Gasteiger partial charge is 0.354 e. The first kappa shape index (κ1) is 9.96. The van der Waals surface area contributed by atoms with Gasteiger partial charge in [0.1, 0.15) is 6.10 Å². The van der Waals surface area contributed by atoms with Crippen LogP contribution in [0.5, 0.6) is 5.88 Å². The second-order valence-electron chi connectivity index (χ2n) is 3.69. The number of carboxylic acids is 1. The van der Waals surface area contributed by atoms with E-state index >= 15 is 0 Å². The van der Waals surface area contributed by atoms with E-state index in [1.54, 1.807) is 12.1 Å². The summed E-state index contributed by atoms with van der Waals surface area (Å²) in [6.45, 7) is 0. The molecule has 1 aromatic heterocycles. The molecule has 0 spiro atoms. The summed E-state index contributed by atoms with van der Waals surface area (Å²) >= 11 is 0. The minimum absolute atomic E-state index is 0.0329. The fourth-order valence-corrected chi connectivity index (χ4v) is 1.78. The van der Waals surface area contributed by atoms with Gasteiger partial charge in [0.2, 0.25) is 5.88 Å². The van der Waals surface area contributed by atoms with E-state index in [2.05, 4.69) is 4.98 Å². The number of aromatic carboxylic acids is 1. The van der Waals surface area contributed by atoms with E-state index in [9.17, 15) is 4.79 Å². The molecule has 4 heteroatoms. The van der Waals surface area contributed by atoms with Gasteiger partial charge in [0.15, 0.2) is 5.69 Å². The van der Waals surface area contributed by atoms with Crippen molar-refractivity contribution in [1.82, 2.24) is 4.98 Å². The summed E-state index contributed by atoms with van der Waals surface area (Å²) in [5.74, 6) is -0.603. The van der Waals surface area contributed by atoms with Crippen molar-refractivity contribution < 1.29 is 14.6 Å². The normalized spacial score (nSPS) is 16.5. The molecule has 1 aliphatic rings. The largest absolute Gasteiger partial charge is 0.477 e. The lowest BCUT2D eigenvalue weighted by Gasteiger charge is -2.11. The SMILES string of the molecule is O=C(O)c1cccc(OC2CCCC2)n1. The van der Waals surface area contributed by atoms with Crippen molar-refractivity contribution in [3.63, 3.8) is 0 Å². The third kappa shape index (κ3) is 2.46. The molecule has 4 nitrogen and oxygen atoms in total. The molecule has 15 heavy (non-hydrogen) atoms. The van der Waals surface area contributed by atoms with Gasteiger partial charge in [-0.3, -0.25) is 0 Å². The lowest BCUT2D eigenvalue weighted by molar-refractivity contribution is 0.0688. The Morgan fingerprint density at radius 3 is 2.80 bits per heavy atom. The van der Waals surface area contributed by atoms with Gasteiger partial charge < -0.3 is 9.84 Å². The zero-order valence-electron chi connectivity index (χ0n) is 8.35. The molecule has 1 aliphatic carbocycles. The summed E-state index contributed by atoms with van der Waals surface area (Å²) in [5.41, 5.74) is 0.0329. The molecule has 0 radical (unpaired) electrons. The number of pyridine rings is 1. The van der Waals surface area contributed by atoms with Crippen LogP contribution in [0.2, 0.25) is 0 Å². The van der Waals surface area contributed by atoms with Crippen molar-refractivity contribution in [2.45, 2.75) is 31.8 Å². The Labute approximate surface area is 87.9 Å². The van der Waals surface area contributed by atoms with Crippen molar-refractivity contribution in [2.24, 2.45) is 0 Å². The molecule has 1 saturated carbocycles. The molecule has 0 atom stereocenters. The first-order valence-corrected chi connectivity index (χ1v) is 5.13. The molecule has 1 N–H and O–H groups in total. The summed E-state index contributed by atoms with van der Waals surface area (Å²) in [5, 5.41) is 8.75. The Bertz CT molecular complexity index is 359. The standard InChI is InChI=1S/C11H13NO3/c13-11(14)9-6-3-7-10(12-9)15-8-4-1-2-5-8/h3,6-8H,1-2,4-5H2,(H,13,14). The third-order valence-electron chi connectivity index (χ3n) is 2.53. The minimum Gasteiger partial charge on any atom is -0.477 e. The van der Waals surface area contributed by atoms with Crippen LogP contribution in [-0.4, -0.2) is 22.2 Å². The van der Waals surface area contributed by atoms with E-state index in [-0.39, 0.29) is 11.8 Å². The van der Waals surface area contributed by atoms with Crippen LogP contribution < -0.4 is 4.74 Å². The number of aromatic nitrogens is 1. The molecule has 0 amide bonds. The fraction of sp³-hybridized carbons (Fsp3) is 0.455. The quantitative estimate of drug-likeness (QED) is 0.824. The molecule has 0 aromatic carbocycles. The van der Waals surface area contributed by atoms with Crippen molar-refractivity contribution in [3.8, 4) is 5.88 Å². The number of carbonyl (C=O) groups is 1. The van der Waals surface area contributed by atoms with Crippen molar-refractivity contribution >= 4 is 5.97 Å². The van der Waals surface area contributed by atoms with Gasteiger partial charge in [-0.15, -0.1) is 0 Å². The Morgan fingerprint density at radius 1 is 1.40 bits per heavy atom. The maximum Gasteiger partial charge on any atom is 0.354 e. The molecular formula is C11H13NO3. The van der Waals surface area contributed by atoms with E-state index in [4.69, 9.17) is 9.84 Å². The first-order chi connectivity index (χ1) is 7.25. The summed E-state index contributed by atoms with van der Waals surface area (Å²) in [4.78, 5) is 14.6. The number of hydrogen-bond donors (Lipinski definition) is 1. The van der Waals surface area contributed by atoms with Crippen LogP contribution in [0.3, 0.4) is 0 Å². The van der Waals surface area contributed by atoms with Gasteiger partial charge in [0.05, 0.1) is 0 Å². The van der Waals surface area contributed by atoms with Gasteiger partial charge in [-0.25, -0.2) is 9.78 Å². The molecule has 1 fully saturated rings. The Balaban J connectivity index is 2.07. The van der Waals surface area contributed by atoms with Crippen LogP contribution in [0.15, 0.2) is 18.2 Å². The van der Waals surface area contributed by atoms with Crippen molar-refractivity contribution in [3.05, 3.63) is 23.9 Å². The van der Waals surface area contributed by atoms with Gasteiger partial charge in [-0.1, -0.05) is 6.07 Å². The van der Waals surface area contributed by atoms with Gasteiger partial charge in [0.25, 0.3) is 0 Å². The minimum atomic E-state index is -1.02. The van der Waals surface area contributed by atoms with Gasteiger partial charge in [-0.05, 0) is 31.7 Å². The van der Waals surface area contributed by atoms with Crippen LogP contribution in [0.1, 0.15) is 36.2 Å². The zero-order chi connectivity index (χ0) is 10.7. The fourth-order valence-electron chi connectivity index (χ4n) is 1.78. The Morgan fingerprint density at radius 2 is 2.13 bits per heavy atom. The predicted molar refractivity (Wildman–Crippen MR) is 54.1 cm³/mol. The van der Waals surface area contributed by atoms with Crippen LogP contribution in [0.25, 0.3) is 0 Å². The summed E-state index contributed by atoms with van der Waals surface area (Å²) in [6, 6.07) is 4.81. The highest BCUT2D eigenvalue weighted by Crippen LogP contribution is 2.22. The molecule has 80 valence electrons. The van der Waals surface area contributed by atoms with Gasteiger partial charge >= 0.3 is 5.97 Å². The molecule has 0 bridgehead atoms. The number of carboxylic acid groups (broad SMARTS) is 1. The number of ether oxygens (including phenoxy) is 1. The second kappa shape index (κ2) is 4.29. The third-order valence-corrected chi connectivity index (χ3v) is 2.53. The molecule has 2 rings (SSSR count). The molecule has 0 saturated heterocycles. The molecule has 0 aliphatic heterocycles. The zero-order valence-corrected chi connectivity index (χ0v) is 8.35. The van der Waals surface area contributed by atoms with Crippen LogP contribution in [0, 0.1) is 0 Å². The lowest BCUT2D eigenvalue weighted by atomic mass is 10.3. The number of hydrogen-bond acceptors (Lipinski definition) is 3. The first-order valence-electron chi connectivity index (χ1n) is 5.13. The molecule has 0 unspecified atom stereocenters. The van der Waals surface area contributed by atoms with E-state index in [0.29, 0.717) is 5.88 Å². The highest BCUT2D eigenvalue weighted by atomic mass is 16.5. The highest BCUT2D eigenvalue weighted by Gasteiger charge is 2.17. The van der Waals surface area contributed by atoms with E-state index in [1.807, 2.05) is 0 Å². The maximum atomic E-state index is 10.7.